The zero-order chi connectivity index (χ0) is 16.5. The van der Waals surface area contributed by atoms with Gasteiger partial charge in [-0.2, -0.15) is 0 Å². The summed E-state index contributed by atoms with van der Waals surface area (Å²) >= 11 is 0. The smallest absolute Gasteiger partial charge is 0.407 e. The Labute approximate surface area is 134 Å². The molecule has 0 saturated heterocycles. The van der Waals surface area contributed by atoms with Gasteiger partial charge in [-0.05, 0) is 24.3 Å². The molecule has 0 spiro atoms. The Morgan fingerprint density at radius 1 is 1.04 bits per heavy atom. The third kappa shape index (κ3) is 5.50. The molecule has 23 heavy (non-hydrogen) atoms. The van der Waals surface area contributed by atoms with Crippen LogP contribution in [0.25, 0.3) is 10.8 Å². The van der Waals surface area contributed by atoms with Crippen LogP contribution in [0, 0.1) is 0 Å². The van der Waals surface area contributed by atoms with Crippen molar-refractivity contribution in [2.24, 2.45) is 5.73 Å². The first-order chi connectivity index (χ1) is 11.2. The third-order valence-corrected chi connectivity index (χ3v) is 3.19. The molecule has 0 atom stereocenters. The number of nitrogens with one attached hydrogen (secondary N) is 1. The predicted octanol–water partition coefficient (Wildman–Crippen LogP) is 2.21. The maximum Gasteiger partial charge on any atom is 0.407 e. The van der Waals surface area contributed by atoms with Crippen LogP contribution in [0.3, 0.4) is 0 Å². The summed E-state index contributed by atoms with van der Waals surface area (Å²) in [5.41, 5.74) is 4.87. The van der Waals surface area contributed by atoms with Gasteiger partial charge in [0.05, 0.1) is 6.61 Å². The van der Waals surface area contributed by atoms with Gasteiger partial charge in [0, 0.05) is 11.9 Å². The van der Waals surface area contributed by atoms with Crippen LogP contribution in [-0.2, 0) is 9.53 Å². The fourth-order valence-corrected chi connectivity index (χ4v) is 2.11. The van der Waals surface area contributed by atoms with Gasteiger partial charge < -0.3 is 20.5 Å². The Morgan fingerprint density at radius 2 is 1.83 bits per heavy atom. The first-order valence-corrected chi connectivity index (χ1v) is 7.46. The Bertz CT molecular complexity index is 667. The molecule has 122 valence electrons. The van der Waals surface area contributed by atoms with Crippen molar-refractivity contribution in [3.8, 4) is 5.75 Å². The minimum atomic E-state index is -0.677. The number of hydrogen-bond donors (Lipinski definition) is 2. The number of nitrogens with two attached hydrogens (primary N) is 1. The van der Waals surface area contributed by atoms with Crippen LogP contribution < -0.4 is 15.8 Å². The van der Waals surface area contributed by atoms with Crippen LogP contribution in [0.4, 0.5) is 4.79 Å². The van der Waals surface area contributed by atoms with E-state index in [4.69, 9.17) is 10.5 Å². The lowest BCUT2D eigenvalue weighted by molar-refractivity contribution is -0.120. The molecule has 0 aliphatic carbocycles. The number of rotatable bonds is 8. The number of carbonyl (C=O) groups is 2. The Morgan fingerprint density at radius 3 is 2.65 bits per heavy atom. The number of primary amides is 1. The van der Waals surface area contributed by atoms with Gasteiger partial charge in [0.25, 0.3) is 5.91 Å². The summed E-state index contributed by atoms with van der Waals surface area (Å²) in [5, 5.41) is 4.77. The molecule has 0 radical (unpaired) electrons. The number of carbonyl (C=O) groups excluding carboxylic acids is 2. The number of fused-ring (bicyclic) bond motifs is 1. The summed E-state index contributed by atoms with van der Waals surface area (Å²) in [7, 11) is 0. The highest BCUT2D eigenvalue weighted by Crippen LogP contribution is 2.25. The molecule has 0 saturated carbocycles. The molecule has 2 aromatic carbocycles. The van der Waals surface area contributed by atoms with Gasteiger partial charge in [-0.3, -0.25) is 4.79 Å². The van der Waals surface area contributed by atoms with Crippen molar-refractivity contribution >= 4 is 22.8 Å². The standard InChI is InChI=1S/C17H20N2O4/c18-16(20)12-23-17(21)19-10-3-4-11-22-15-9-5-7-13-6-1-2-8-14(13)15/h1-2,5-9H,3-4,10-12H2,(H2,18,20)(H,19,21). The van der Waals surface area contributed by atoms with E-state index in [1.54, 1.807) is 0 Å². The molecule has 0 aliphatic heterocycles. The summed E-state index contributed by atoms with van der Waals surface area (Å²) in [6.07, 6.45) is 0.897. The highest BCUT2D eigenvalue weighted by molar-refractivity contribution is 5.88. The molecule has 0 aliphatic rings. The van der Waals surface area contributed by atoms with Crippen molar-refractivity contribution < 1.29 is 19.1 Å². The quantitative estimate of drug-likeness (QED) is 0.731. The SMILES string of the molecule is NC(=O)COC(=O)NCCCCOc1cccc2ccccc12. The first-order valence-electron chi connectivity index (χ1n) is 7.46. The minimum absolute atomic E-state index is 0.407. The number of amides is 2. The van der Waals surface area contributed by atoms with Crippen molar-refractivity contribution in [1.29, 1.82) is 0 Å². The second-order valence-electron chi connectivity index (χ2n) is 5.00. The second kappa shape index (κ2) is 8.63. The summed E-state index contributed by atoms with van der Waals surface area (Å²) in [4.78, 5) is 21.6. The monoisotopic (exact) mass is 316 g/mol. The second-order valence-corrected chi connectivity index (χ2v) is 5.00. The molecule has 0 heterocycles. The average Bonchev–Trinajstić information content (AvgIpc) is 2.56. The fraction of sp³-hybridized carbons (Fsp3) is 0.294. The molecule has 0 unspecified atom stereocenters. The summed E-state index contributed by atoms with van der Waals surface area (Å²) in [6.45, 7) is 0.610. The first kappa shape index (κ1) is 16.6. The van der Waals surface area contributed by atoms with Gasteiger partial charge in [0.1, 0.15) is 5.75 Å². The van der Waals surface area contributed by atoms with Crippen molar-refractivity contribution in [3.05, 3.63) is 42.5 Å². The van der Waals surface area contributed by atoms with Crippen LogP contribution in [0.15, 0.2) is 42.5 Å². The van der Waals surface area contributed by atoms with E-state index < -0.39 is 18.6 Å². The molecule has 0 fully saturated rings. The van der Waals surface area contributed by atoms with Crippen LogP contribution in [0.5, 0.6) is 5.75 Å². The highest BCUT2D eigenvalue weighted by atomic mass is 16.6. The Kier molecular flexibility index (Phi) is 6.23. The van der Waals surface area contributed by atoms with Crippen LogP contribution in [-0.4, -0.2) is 31.8 Å². The molecule has 2 aromatic rings. The van der Waals surface area contributed by atoms with Gasteiger partial charge in [0.15, 0.2) is 6.61 Å². The van der Waals surface area contributed by atoms with E-state index in [1.165, 1.54) is 0 Å². The molecule has 6 nitrogen and oxygen atoms in total. The number of unbranched alkanes of at least 4 members (excludes halogenated alkanes) is 1. The van der Waals surface area contributed by atoms with E-state index in [9.17, 15) is 9.59 Å². The Hall–Kier alpha value is -2.76. The summed E-state index contributed by atoms with van der Waals surface area (Å²) in [5.74, 6) is 0.181. The maximum absolute atomic E-state index is 11.2. The number of ether oxygens (including phenoxy) is 2. The van der Waals surface area contributed by atoms with Crippen molar-refractivity contribution in [2.45, 2.75) is 12.8 Å². The molecular weight excluding hydrogens is 296 g/mol. The van der Waals surface area contributed by atoms with E-state index in [-0.39, 0.29) is 0 Å². The van der Waals surface area contributed by atoms with Gasteiger partial charge in [0.2, 0.25) is 0 Å². The largest absolute Gasteiger partial charge is 0.493 e. The summed E-state index contributed by atoms with van der Waals surface area (Å²) < 4.78 is 10.4. The predicted molar refractivity (Wildman–Crippen MR) is 87.2 cm³/mol. The zero-order valence-electron chi connectivity index (χ0n) is 12.8. The van der Waals surface area contributed by atoms with Crippen LogP contribution in [0.2, 0.25) is 0 Å². The van der Waals surface area contributed by atoms with Gasteiger partial charge in [-0.1, -0.05) is 36.4 Å². The topological polar surface area (TPSA) is 90.7 Å². The van der Waals surface area contributed by atoms with E-state index in [0.29, 0.717) is 13.2 Å². The average molecular weight is 316 g/mol. The van der Waals surface area contributed by atoms with Gasteiger partial charge in [-0.25, -0.2) is 4.79 Å². The lowest BCUT2D eigenvalue weighted by Gasteiger charge is -2.09. The lowest BCUT2D eigenvalue weighted by atomic mass is 10.1. The number of alkyl carbamates (subject to hydrolysis) is 1. The highest BCUT2D eigenvalue weighted by Gasteiger charge is 2.04. The van der Waals surface area contributed by atoms with Crippen molar-refractivity contribution in [3.63, 3.8) is 0 Å². The zero-order valence-corrected chi connectivity index (χ0v) is 12.8. The fourth-order valence-electron chi connectivity index (χ4n) is 2.11. The molecule has 0 aromatic heterocycles. The molecule has 0 bridgehead atoms. The molecular formula is C17H20N2O4. The Balaban J connectivity index is 1.65. The lowest BCUT2D eigenvalue weighted by Crippen LogP contribution is -2.29. The molecule has 2 amide bonds. The molecule has 6 heteroatoms. The van der Waals surface area contributed by atoms with Crippen LogP contribution >= 0.6 is 0 Å². The summed E-state index contributed by atoms with van der Waals surface area (Å²) in [6, 6.07) is 14.0. The molecule has 3 N–H and O–H groups in total. The van der Waals surface area contributed by atoms with E-state index in [1.807, 2.05) is 42.5 Å². The van der Waals surface area contributed by atoms with E-state index in [2.05, 4.69) is 10.1 Å². The van der Waals surface area contributed by atoms with Crippen molar-refractivity contribution in [1.82, 2.24) is 5.32 Å². The van der Waals surface area contributed by atoms with Gasteiger partial charge in [-0.15, -0.1) is 0 Å². The van der Waals surface area contributed by atoms with E-state index in [0.717, 1.165) is 29.4 Å². The number of benzene rings is 2. The third-order valence-electron chi connectivity index (χ3n) is 3.19. The minimum Gasteiger partial charge on any atom is -0.493 e. The van der Waals surface area contributed by atoms with Crippen molar-refractivity contribution in [2.75, 3.05) is 19.8 Å². The number of hydrogen-bond acceptors (Lipinski definition) is 4. The maximum atomic E-state index is 11.2. The van der Waals surface area contributed by atoms with Gasteiger partial charge >= 0.3 is 6.09 Å². The normalized spacial score (nSPS) is 10.3. The van der Waals surface area contributed by atoms with Crippen LogP contribution in [0.1, 0.15) is 12.8 Å². The van der Waals surface area contributed by atoms with E-state index >= 15 is 0 Å². The molecule has 2 rings (SSSR count).